The van der Waals surface area contributed by atoms with Crippen molar-refractivity contribution in [1.82, 2.24) is 15.5 Å². The number of ether oxygens (including phenoxy) is 1. The molecule has 0 aromatic heterocycles. The summed E-state index contributed by atoms with van der Waals surface area (Å²) in [6, 6.07) is -0.176. The van der Waals surface area contributed by atoms with Gasteiger partial charge in [-0.15, -0.1) is 24.8 Å². The van der Waals surface area contributed by atoms with E-state index in [9.17, 15) is 4.79 Å². The fourth-order valence-electron chi connectivity index (χ4n) is 1.94. The lowest BCUT2D eigenvalue weighted by atomic mass is 10.2. The maximum absolute atomic E-state index is 11.8. The fraction of sp³-hybridized carbons (Fsp3) is 0.917. The highest BCUT2D eigenvalue weighted by molar-refractivity contribution is 5.85. The number of morpholine rings is 1. The average molecular weight is 316 g/mol. The number of carbonyl (C=O) groups is 1. The Balaban J connectivity index is 0. The van der Waals surface area contributed by atoms with Gasteiger partial charge in [-0.05, 0) is 19.5 Å². The molecular formula is C12H27Cl2N3O2. The maximum Gasteiger partial charge on any atom is 0.239 e. The highest BCUT2D eigenvalue weighted by Gasteiger charge is 2.20. The highest BCUT2D eigenvalue weighted by Crippen LogP contribution is 1.93. The Kier molecular flexibility index (Phi) is 14.5. The molecular weight excluding hydrogens is 289 g/mol. The lowest BCUT2D eigenvalue weighted by Gasteiger charge is -2.24. The fourth-order valence-corrected chi connectivity index (χ4v) is 1.94. The molecule has 1 rings (SSSR count). The Morgan fingerprint density at radius 2 is 2.11 bits per heavy atom. The van der Waals surface area contributed by atoms with Crippen molar-refractivity contribution in [3.05, 3.63) is 0 Å². The molecule has 19 heavy (non-hydrogen) atoms. The number of carbonyl (C=O) groups excluding carboxylic acids is 1. The van der Waals surface area contributed by atoms with Crippen LogP contribution in [0.3, 0.4) is 0 Å². The molecule has 0 spiro atoms. The molecule has 1 saturated heterocycles. The Morgan fingerprint density at radius 1 is 1.37 bits per heavy atom. The molecule has 2 N–H and O–H groups in total. The van der Waals surface area contributed by atoms with Gasteiger partial charge in [0.2, 0.25) is 5.91 Å². The number of halogens is 2. The van der Waals surface area contributed by atoms with E-state index < -0.39 is 0 Å². The predicted molar refractivity (Wildman–Crippen MR) is 82.5 cm³/mol. The number of hydrogen-bond acceptors (Lipinski definition) is 4. The van der Waals surface area contributed by atoms with E-state index in [2.05, 4.69) is 29.4 Å². The average Bonchev–Trinajstić information content (AvgIpc) is 2.38. The molecule has 1 aliphatic heterocycles. The number of rotatable bonds is 7. The first kappa shape index (κ1) is 21.2. The molecule has 5 nitrogen and oxygen atoms in total. The van der Waals surface area contributed by atoms with Crippen LogP contribution in [0.4, 0.5) is 0 Å². The molecule has 0 aromatic carbocycles. The van der Waals surface area contributed by atoms with Crippen molar-refractivity contribution in [1.29, 1.82) is 0 Å². The van der Waals surface area contributed by atoms with Gasteiger partial charge in [0.1, 0.15) is 6.04 Å². The quantitative estimate of drug-likeness (QED) is 0.725. The molecule has 0 aromatic rings. The molecule has 116 valence electrons. The highest BCUT2D eigenvalue weighted by atomic mass is 35.5. The van der Waals surface area contributed by atoms with Gasteiger partial charge in [-0.3, -0.25) is 4.79 Å². The Morgan fingerprint density at radius 3 is 2.63 bits per heavy atom. The second kappa shape index (κ2) is 12.9. The first-order chi connectivity index (χ1) is 8.27. The zero-order valence-corrected chi connectivity index (χ0v) is 13.4. The summed E-state index contributed by atoms with van der Waals surface area (Å²) in [5, 5.41) is 6.10. The van der Waals surface area contributed by atoms with Gasteiger partial charge < -0.3 is 20.3 Å². The van der Waals surface area contributed by atoms with E-state index in [1.165, 1.54) is 0 Å². The normalized spacial score (nSPS) is 18.4. The molecule has 1 amide bonds. The number of hydrogen-bond donors (Lipinski definition) is 2. The maximum atomic E-state index is 11.8. The molecule has 7 heteroatoms. The van der Waals surface area contributed by atoms with Gasteiger partial charge in [0.05, 0.1) is 13.2 Å². The van der Waals surface area contributed by atoms with Crippen LogP contribution in [0, 0.1) is 0 Å². The van der Waals surface area contributed by atoms with E-state index in [0.29, 0.717) is 19.8 Å². The molecule has 0 aliphatic carbocycles. The molecule has 0 radical (unpaired) electrons. The van der Waals surface area contributed by atoms with Gasteiger partial charge in [0.15, 0.2) is 0 Å². The number of likely N-dealkylation sites (N-methyl/N-ethyl adjacent to an activating group) is 1. The van der Waals surface area contributed by atoms with Gasteiger partial charge in [-0.2, -0.15) is 0 Å². The number of amides is 1. The summed E-state index contributed by atoms with van der Waals surface area (Å²) >= 11 is 0. The van der Waals surface area contributed by atoms with E-state index in [0.717, 1.165) is 32.6 Å². The van der Waals surface area contributed by atoms with Crippen LogP contribution in [-0.4, -0.2) is 62.8 Å². The summed E-state index contributed by atoms with van der Waals surface area (Å²) in [6.07, 6.45) is 1.15. The molecule has 0 saturated carbocycles. The van der Waals surface area contributed by atoms with Crippen LogP contribution in [0.1, 0.15) is 20.3 Å². The smallest absolute Gasteiger partial charge is 0.239 e. The third kappa shape index (κ3) is 8.65. The van der Waals surface area contributed by atoms with Gasteiger partial charge in [0, 0.05) is 19.6 Å². The van der Waals surface area contributed by atoms with Gasteiger partial charge in [-0.25, -0.2) is 0 Å². The van der Waals surface area contributed by atoms with Gasteiger partial charge >= 0.3 is 0 Å². The van der Waals surface area contributed by atoms with Crippen molar-refractivity contribution >= 4 is 30.7 Å². The summed E-state index contributed by atoms with van der Waals surface area (Å²) in [6.45, 7) is 10.0. The second-order valence-electron chi connectivity index (χ2n) is 4.31. The van der Waals surface area contributed by atoms with Crippen LogP contribution >= 0.6 is 24.8 Å². The monoisotopic (exact) mass is 315 g/mol. The third-order valence-corrected chi connectivity index (χ3v) is 2.95. The standard InChI is InChI=1S/C12H25N3O2.2ClH/c1-3-7-15(4-2)8-5-14-12(16)11-10-17-9-6-13-11;;/h11,13H,3-10H2,1-2H3,(H,14,16);2*1H. The zero-order chi connectivity index (χ0) is 12.5. The van der Waals surface area contributed by atoms with Crippen LogP contribution in [0.5, 0.6) is 0 Å². The van der Waals surface area contributed by atoms with E-state index >= 15 is 0 Å². The van der Waals surface area contributed by atoms with Crippen LogP contribution in [-0.2, 0) is 9.53 Å². The molecule has 1 atom stereocenters. The Labute approximate surface area is 128 Å². The van der Waals surface area contributed by atoms with Crippen molar-refractivity contribution in [2.75, 3.05) is 45.9 Å². The SMILES string of the molecule is CCCN(CC)CCNC(=O)C1COCCN1.Cl.Cl. The van der Waals surface area contributed by atoms with Crippen LogP contribution in [0.2, 0.25) is 0 Å². The lowest BCUT2D eigenvalue weighted by Crippen LogP contribution is -2.52. The molecule has 0 bridgehead atoms. The Hall–Kier alpha value is -0.0700. The summed E-state index contributed by atoms with van der Waals surface area (Å²) in [5.41, 5.74) is 0. The van der Waals surface area contributed by atoms with E-state index in [1.807, 2.05) is 0 Å². The van der Waals surface area contributed by atoms with E-state index in [4.69, 9.17) is 4.74 Å². The van der Waals surface area contributed by atoms with Crippen LogP contribution in [0.25, 0.3) is 0 Å². The summed E-state index contributed by atoms with van der Waals surface area (Å²) < 4.78 is 5.26. The van der Waals surface area contributed by atoms with Crippen LogP contribution < -0.4 is 10.6 Å². The van der Waals surface area contributed by atoms with Gasteiger partial charge in [0.25, 0.3) is 0 Å². The minimum absolute atomic E-state index is 0. The predicted octanol–water partition coefficient (Wildman–Crippen LogP) is 0.666. The molecule has 1 fully saturated rings. The largest absolute Gasteiger partial charge is 0.378 e. The topological polar surface area (TPSA) is 53.6 Å². The first-order valence-corrected chi connectivity index (χ1v) is 6.59. The van der Waals surface area contributed by atoms with Gasteiger partial charge in [-0.1, -0.05) is 13.8 Å². The second-order valence-corrected chi connectivity index (χ2v) is 4.31. The molecule has 1 aliphatic rings. The summed E-state index contributed by atoms with van der Waals surface area (Å²) in [4.78, 5) is 14.1. The van der Waals surface area contributed by atoms with Crippen molar-refractivity contribution in [3.8, 4) is 0 Å². The molecule has 1 heterocycles. The van der Waals surface area contributed by atoms with E-state index in [-0.39, 0.29) is 36.8 Å². The first-order valence-electron chi connectivity index (χ1n) is 6.59. The number of nitrogens with one attached hydrogen (secondary N) is 2. The minimum atomic E-state index is -0.176. The zero-order valence-electron chi connectivity index (χ0n) is 11.8. The minimum Gasteiger partial charge on any atom is -0.378 e. The third-order valence-electron chi connectivity index (χ3n) is 2.95. The summed E-state index contributed by atoms with van der Waals surface area (Å²) in [5.74, 6) is 0.0530. The van der Waals surface area contributed by atoms with Crippen LogP contribution in [0.15, 0.2) is 0 Å². The van der Waals surface area contributed by atoms with Crippen molar-refractivity contribution < 1.29 is 9.53 Å². The molecule has 1 unspecified atom stereocenters. The Bertz CT molecular complexity index is 227. The van der Waals surface area contributed by atoms with Crippen molar-refractivity contribution in [3.63, 3.8) is 0 Å². The number of nitrogens with zero attached hydrogens (tertiary/aromatic N) is 1. The van der Waals surface area contributed by atoms with E-state index in [1.54, 1.807) is 0 Å². The van der Waals surface area contributed by atoms with Crippen molar-refractivity contribution in [2.24, 2.45) is 0 Å². The lowest BCUT2D eigenvalue weighted by molar-refractivity contribution is -0.125. The summed E-state index contributed by atoms with van der Waals surface area (Å²) in [7, 11) is 0. The van der Waals surface area contributed by atoms with Crippen molar-refractivity contribution in [2.45, 2.75) is 26.3 Å².